The van der Waals surface area contributed by atoms with Gasteiger partial charge in [-0.05, 0) is 90.1 Å². The number of esters is 1. The molecule has 0 aliphatic carbocycles. The molecule has 0 bridgehead atoms. The molecule has 1 unspecified atom stereocenters. The Morgan fingerprint density at radius 3 is 1.57 bits per heavy atom. The SMILES string of the molecule is COC(=O)C(CCCC[NH])NC(=O)[C@H](CCCCN)NC(=O)[C@H](CCCCN)NC(=O)[C@@H](N)CCCCNC(=O)[C@@H](O)[C@H](O)[C@H](O)[C@@H](O)C(=O)O. The number of aliphatic carboxylic acids is 1. The summed E-state index contributed by atoms with van der Waals surface area (Å²) in [5.74, 6) is -5.56. The van der Waals surface area contributed by atoms with Crippen molar-refractivity contribution in [3.05, 3.63) is 0 Å². The molecule has 295 valence electrons. The van der Waals surface area contributed by atoms with E-state index < -0.39 is 84.2 Å². The molecule has 0 heterocycles. The maximum atomic E-state index is 13.5. The summed E-state index contributed by atoms with van der Waals surface area (Å²) in [6.45, 7) is 0.816. The number of rotatable bonds is 29. The fourth-order valence-corrected chi connectivity index (χ4v) is 4.82. The van der Waals surface area contributed by atoms with E-state index in [1.807, 2.05) is 0 Å². The van der Waals surface area contributed by atoms with E-state index >= 15 is 0 Å². The van der Waals surface area contributed by atoms with Crippen LogP contribution in [0.3, 0.4) is 0 Å². The molecule has 16 N–H and O–H groups in total. The van der Waals surface area contributed by atoms with Crippen molar-refractivity contribution in [1.29, 1.82) is 0 Å². The first-order chi connectivity index (χ1) is 24.2. The number of carbonyl (C=O) groups excluding carboxylic acids is 5. The van der Waals surface area contributed by atoms with E-state index in [0.29, 0.717) is 58.0 Å². The summed E-state index contributed by atoms with van der Waals surface area (Å²) in [5.41, 5.74) is 24.6. The predicted molar refractivity (Wildman–Crippen MR) is 182 cm³/mol. The van der Waals surface area contributed by atoms with E-state index in [0.717, 1.165) is 0 Å². The number of nitrogens with two attached hydrogens (primary N) is 3. The summed E-state index contributed by atoms with van der Waals surface area (Å²) in [4.78, 5) is 74.9. The van der Waals surface area contributed by atoms with Crippen molar-refractivity contribution in [2.75, 3.05) is 33.3 Å². The highest BCUT2D eigenvalue weighted by Crippen LogP contribution is 2.10. The average Bonchev–Trinajstić information content (AvgIpc) is 3.11. The molecule has 0 rings (SSSR count). The lowest BCUT2D eigenvalue weighted by Crippen LogP contribution is -2.57. The number of amides is 4. The molecule has 0 spiro atoms. The van der Waals surface area contributed by atoms with E-state index in [-0.39, 0.29) is 45.2 Å². The van der Waals surface area contributed by atoms with E-state index in [4.69, 9.17) is 32.8 Å². The van der Waals surface area contributed by atoms with Gasteiger partial charge in [-0.3, -0.25) is 24.9 Å². The van der Waals surface area contributed by atoms with Crippen molar-refractivity contribution < 1.29 is 59.0 Å². The monoisotopic (exact) mass is 735 g/mol. The molecule has 0 saturated carbocycles. The van der Waals surface area contributed by atoms with Gasteiger partial charge < -0.3 is 68.7 Å². The Balaban J connectivity index is 5.33. The molecule has 0 aliphatic heterocycles. The summed E-state index contributed by atoms with van der Waals surface area (Å²) in [5, 5.41) is 57.5. The van der Waals surface area contributed by atoms with Crippen LogP contribution in [0.15, 0.2) is 0 Å². The van der Waals surface area contributed by atoms with Crippen LogP contribution in [0.4, 0.5) is 0 Å². The minimum Gasteiger partial charge on any atom is -0.479 e. The molecule has 20 heteroatoms. The number of ether oxygens (including phenoxy) is 1. The number of carboxylic acid groups (broad SMARTS) is 1. The van der Waals surface area contributed by atoms with Gasteiger partial charge in [0.1, 0.15) is 30.3 Å². The van der Waals surface area contributed by atoms with Gasteiger partial charge >= 0.3 is 11.9 Å². The van der Waals surface area contributed by atoms with E-state index in [2.05, 4.69) is 21.3 Å². The topological polar surface area (TPSA) is 363 Å². The van der Waals surface area contributed by atoms with Gasteiger partial charge in [-0.15, -0.1) is 0 Å². The van der Waals surface area contributed by atoms with Crippen LogP contribution < -0.4 is 44.2 Å². The molecule has 20 nitrogen and oxygen atoms in total. The lowest BCUT2D eigenvalue weighted by atomic mass is 10.0. The van der Waals surface area contributed by atoms with Gasteiger partial charge in [-0.1, -0.05) is 0 Å². The van der Waals surface area contributed by atoms with Crippen LogP contribution in [0.25, 0.3) is 0 Å². The van der Waals surface area contributed by atoms with Gasteiger partial charge in [0, 0.05) is 13.1 Å². The molecule has 0 aromatic rings. The molecule has 51 heavy (non-hydrogen) atoms. The van der Waals surface area contributed by atoms with Gasteiger partial charge in [0.25, 0.3) is 5.91 Å². The zero-order valence-electron chi connectivity index (χ0n) is 29.3. The Morgan fingerprint density at radius 2 is 1.08 bits per heavy atom. The first kappa shape index (κ1) is 47.5. The Labute approximate surface area is 297 Å². The fourth-order valence-electron chi connectivity index (χ4n) is 4.82. The maximum Gasteiger partial charge on any atom is 0.335 e. The van der Waals surface area contributed by atoms with Crippen LogP contribution >= 0.6 is 0 Å². The second-order valence-corrected chi connectivity index (χ2v) is 12.1. The standard InChI is InChI=1S/C31H59N8O12/c1-51-31(50)21(13-4-8-16-34)39-28(46)20(12-3-7-15-33)38-27(45)19(11-2-6-14-32)37-26(44)18(35)10-5-9-17-36-29(47)24(42)22(40)23(41)25(43)30(48)49/h18-25,34,40-43H,2-17,32-33,35H2,1H3,(H,36,47)(H,37,44)(H,38,45)(H,39,46)(H,48,49)/t18-,19-,20-,21?,22+,23-,24-,25+/m0/s1. The molecule has 0 aromatic carbocycles. The van der Waals surface area contributed by atoms with Gasteiger partial charge in [-0.25, -0.2) is 9.59 Å². The predicted octanol–water partition coefficient (Wildman–Crippen LogP) is -4.53. The van der Waals surface area contributed by atoms with Crippen LogP contribution in [0.1, 0.15) is 77.0 Å². The molecule has 0 saturated heterocycles. The van der Waals surface area contributed by atoms with Crippen molar-refractivity contribution in [1.82, 2.24) is 27.0 Å². The molecule has 8 atom stereocenters. The summed E-state index contributed by atoms with van der Waals surface area (Å²) in [7, 11) is 1.19. The van der Waals surface area contributed by atoms with Crippen LogP contribution in [0, 0.1) is 0 Å². The Bertz CT molecular complexity index is 1070. The first-order valence-electron chi connectivity index (χ1n) is 17.2. The highest BCUT2D eigenvalue weighted by atomic mass is 16.5. The highest BCUT2D eigenvalue weighted by Gasteiger charge is 2.37. The highest BCUT2D eigenvalue weighted by molar-refractivity contribution is 5.94. The van der Waals surface area contributed by atoms with Crippen molar-refractivity contribution in [2.24, 2.45) is 17.2 Å². The quantitative estimate of drug-likeness (QED) is 0.0254. The molecule has 4 amide bonds. The van der Waals surface area contributed by atoms with Crippen LogP contribution in [-0.2, 0) is 33.5 Å². The summed E-state index contributed by atoms with van der Waals surface area (Å²) < 4.78 is 4.81. The van der Waals surface area contributed by atoms with E-state index in [1.54, 1.807) is 0 Å². The Kier molecular flexibility index (Phi) is 25.3. The molecular formula is C31H59N8O12. The van der Waals surface area contributed by atoms with Crippen molar-refractivity contribution >= 4 is 35.6 Å². The Hall–Kier alpha value is -3.50. The maximum absolute atomic E-state index is 13.5. The summed E-state index contributed by atoms with van der Waals surface area (Å²) >= 11 is 0. The Morgan fingerprint density at radius 1 is 0.627 bits per heavy atom. The number of carbonyl (C=O) groups is 6. The van der Waals surface area contributed by atoms with Crippen LogP contribution in [0.5, 0.6) is 0 Å². The molecule has 0 aliphatic rings. The third kappa shape index (κ3) is 19.1. The zero-order chi connectivity index (χ0) is 38.9. The smallest absolute Gasteiger partial charge is 0.335 e. The zero-order valence-corrected chi connectivity index (χ0v) is 29.3. The molecule has 1 radical (unpaired) electrons. The molecule has 0 fully saturated rings. The third-order valence-corrected chi connectivity index (χ3v) is 7.98. The molecular weight excluding hydrogens is 676 g/mol. The largest absolute Gasteiger partial charge is 0.479 e. The van der Waals surface area contributed by atoms with Gasteiger partial charge in [-0.2, -0.15) is 0 Å². The number of carboxylic acids is 1. The number of aliphatic hydroxyl groups excluding tert-OH is 4. The first-order valence-corrected chi connectivity index (χ1v) is 17.2. The lowest BCUT2D eigenvalue weighted by molar-refractivity contribution is -0.166. The van der Waals surface area contributed by atoms with Crippen molar-refractivity contribution in [2.45, 2.75) is 126 Å². The van der Waals surface area contributed by atoms with Gasteiger partial charge in [0.05, 0.1) is 13.2 Å². The van der Waals surface area contributed by atoms with E-state index in [1.165, 1.54) is 7.11 Å². The minimum atomic E-state index is -2.43. The second kappa shape index (κ2) is 27.2. The van der Waals surface area contributed by atoms with E-state index in [9.17, 15) is 49.2 Å². The van der Waals surface area contributed by atoms with Crippen molar-refractivity contribution in [3.63, 3.8) is 0 Å². The number of nitrogens with one attached hydrogen (secondary N) is 5. The average molecular weight is 736 g/mol. The molecule has 0 aromatic heterocycles. The van der Waals surface area contributed by atoms with Crippen LogP contribution in [-0.4, -0.2) is 143 Å². The number of methoxy groups -OCH3 is 1. The number of hydrogen-bond donors (Lipinski definition) is 12. The van der Waals surface area contributed by atoms with Gasteiger partial charge in [0.15, 0.2) is 12.2 Å². The lowest BCUT2D eigenvalue weighted by Gasteiger charge is -2.26. The van der Waals surface area contributed by atoms with Crippen LogP contribution in [0.2, 0.25) is 0 Å². The minimum absolute atomic E-state index is 0.0483. The number of aliphatic hydroxyl groups is 4. The summed E-state index contributed by atoms with van der Waals surface area (Å²) in [6.07, 6.45) is -4.84. The van der Waals surface area contributed by atoms with Crippen molar-refractivity contribution in [3.8, 4) is 0 Å². The third-order valence-electron chi connectivity index (χ3n) is 7.98. The normalized spacial score (nSPS) is 15.9. The van der Waals surface area contributed by atoms with Gasteiger partial charge in [0.2, 0.25) is 17.7 Å². The number of unbranched alkanes of at least 4 members (excludes halogenated alkanes) is 4. The summed E-state index contributed by atoms with van der Waals surface area (Å²) in [6, 6.07) is -4.18. The number of hydrogen-bond acceptors (Lipinski definition) is 14. The fraction of sp³-hybridized carbons (Fsp3) is 0.806. The second-order valence-electron chi connectivity index (χ2n) is 12.1.